The first-order valence-electron chi connectivity index (χ1n) is 8.94. The molecule has 1 saturated heterocycles. The molecule has 0 unspecified atom stereocenters. The fourth-order valence-electron chi connectivity index (χ4n) is 3.14. The van der Waals surface area contributed by atoms with Crippen molar-refractivity contribution in [2.24, 2.45) is 5.92 Å². The number of amides is 2. The highest BCUT2D eigenvalue weighted by Crippen LogP contribution is 2.20. The first-order valence-corrected chi connectivity index (χ1v) is 10.1. The summed E-state index contributed by atoms with van der Waals surface area (Å²) in [5.74, 6) is 0.113. The largest absolute Gasteiger partial charge is 0.449 e. The topological polar surface area (TPSA) is 96.0 Å². The quantitative estimate of drug-likeness (QED) is 0.741. The molecule has 0 bridgehead atoms. The minimum Gasteiger partial charge on any atom is -0.449 e. The Morgan fingerprint density at radius 3 is 2.19 bits per heavy atom. The van der Waals surface area contributed by atoms with Crippen LogP contribution >= 0.6 is 0 Å². The van der Waals surface area contributed by atoms with E-state index in [2.05, 4.69) is 4.72 Å². The average molecular weight is 397 g/mol. The molecule has 9 heteroatoms. The van der Waals surface area contributed by atoms with Gasteiger partial charge in [-0.2, -0.15) is 0 Å². The number of piperazine rings is 1. The second-order valence-corrected chi connectivity index (χ2v) is 7.97. The molecule has 1 heterocycles. The summed E-state index contributed by atoms with van der Waals surface area (Å²) in [6.07, 6.45) is -0.349. The van der Waals surface area contributed by atoms with E-state index >= 15 is 0 Å². The number of thiol groups is 1. The van der Waals surface area contributed by atoms with Gasteiger partial charge in [0.05, 0.1) is 18.7 Å². The third-order valence-corrected chi connectivity index (χ3v) is 4.75. The number of rotatable bonds is 5. The first kappa shape index (κ1) is 21.0. The molecule has 1 aromatic rings. The van der Waals surface area contributed by atoms with Crippen LogP contribution in [0.4, 0.5) is 10.5 Å². The number of carbonyl (C=O) groups is 2. The molecule has 2 amide bonds. The predicted molar refractivity (Wildman–Crippen MR) is 103 cm³/mol. The number of anilines is 1. The van der Waals surface area contributed by atoms with Crippen molar-refractivity contribution in [3.05, 3.63) is 29.8 Å². The van der Waals surface area contributed by atoms with Gasteiger partial charge in [0.15, 0.2) is 0 Å². The van der Waals surface area contributed by atoms with Gasteiger partial charge in [0.1, 0.15) is 0 Å². The lowest BCUT2D eigenvalue weighted by Gasteiger charge is -2.43. The summed E-state index contributed by atoms with van der Waals surface area (Å²) in [6.45, 7) is 8.93. The summed E-state index contributed by atoms with van der Waals surface area (Å²) in [5, 5.41) is 0. The molecule has 150 valence electrons. The highest BCUT2D eigenvalue weighted by atomic mass is 32.2. The molecule has 0 saturated carbocycles. The van der Waals surface area contributed by atoms with Crippen LogP contribution in [-0.2, 0) is 15.6 Å². The van der Waals surface area contributed by atoms with Crippen LogP contribution in [0.3, 0.4) is 0 Å². The number of hydrogen-bond donors (Lipinski definition) is 2. The molecular formula is C18H27N3O5S. The molecule has 1 aromatic carbocycles. The zero-order chi connectivity index (χ0) is 20.1. The maximum Gasteiger partial charge on any atom is 0.410 e. The summed E-state index contributed by atoms with van der Waals surface area (Å²) >= 11 is 0. The molecule has 8 nitrogen and oxygen atoms in total. The van der Waals surface area contributed by atoms with Crippen LogP contribution in [0.25, 0.3) is 0 Å². The Kier molecular flexibility index (Phi) is 7.06. The number of benzene rings is 1. The van der Waals surface area contributed by atoms with Crippen LogP contribution in [0, 0.1) is 5.92 Å². The second kappa shape index (κ2) is 9.07. The lowest BCUT2D eigenvalue weighted by Crippen LogP contribution is -2.60. The van der Waals surface area contributed by atoms with E-state index in [4.69, 9.17) is 4.74 Å². The maximum atomic E-state index is 12.8. The van der Waals surface area contributed by atoms with E-state index < -0.39 is 10.9 Å². The monoisotopic (exact) mass is 397 g/mol. The van der Waals surface area contributed by atoms with Gasteiger partial charge in [-0.05, 0) is 44.0 Å². The van der Waals surface area contributed by atoms with Gasteiger partial charge < -0.3 is 9.64 Å². The van der Waals surface area contributed by atoms with Crippen LogP contribution in [0.15, 0.2) is 24.3 Å². The second-order valence-electron chi connectivity index (χ2n) is 7.23. The molecule has 0 spiro atoms. The van der Waals surface area contributed by atoms with E-state index in [9.17, 15) is 18.0 Å². The first-order chi connectivity index (χ1) is 12.7. The van der Waals surface area contributed by atoms with Crippen molar-refractivity contribution in [1.82, 2.24) is 9.80 Å². The summed E-state index contributed by atoms with van der Waals surface area (Å²) in [7, 11) is -2.74. The lowest BCUT2D eigenvalue weighted by atomic mass is 10.1. The number of ether oxygens (including phenoxy) is 1. The molecule has 2 atom stereocenters. The molecule has 1 N–H and O–H groups in total. The Bertz CT molecular complexity index is 728. The highest BCUT2D eigenvalue weighted by molar-refractivity contribution is 7.73. The van der Waals surface area contributed by atoms with Crippen LogP contribution in [0.2, 0.25) is 0 Å². The average Bonchev–Trinajstić information content (AvgIpc) is 2.58. The normalized spacial score (nSPS) is 20.1. The maximum absolute atomic E-state index is 12.8. The minimum absolute atomic E-state index is 0.151. The molecule has 0 aromatic heterocycles. The van der Waals surface area contributed by atoms with Crippen LogP contribution in [0.5, 0.6) is 0 Å². The van der Waals surface area contributed by atoms with Crippen LogP contribution in [0.1, 0.15) is 38.1 Å². The fourth-order valence-corrected chi connectivity index (χ4v) is 3.50. The highest BCUT2D eigenvalue weighted by Gasteiger charge is 2.36. The van der Waals surface area contributed by atoms with E-state index in [-0.39, 0.29) is 30.0 Å². The number of carbonyl (C=O) groups excluding carboxylic acids is 2. The standard InChI is InChI=1S/C18H27N3O5S/c1-12(2)11-26-18(23)21-13(3)9-20(10-14(21)4)17(22)15-5-7-16(8-6-15)19-27(24)25/h5-8,12-14,27H,9-11H2,1-4H3,(H,19,24,25)/t13-,14+. The van der Waals surface area contributed by atoms with Crippen molar-refractivity contribution < 1.29 is 22.7 Å². The van der Waals surface area contributed by atoms with Gasteiger partial charge in [-0.1, -0.05) is 13.8 Å². The number of nitrogens with one attached hydrogen (secondary N) is 1. The van der Waals surface area contributed by atoms with E-state index in [0.29, 0.717) is 30.9 Å². The van der Waals surface area contributed by atoms with E-state index in [0.717, 1.165) is 0 Å². The van der Waals surface area contributed by atoms with Gasteiger partial charge in [0.2, 0.25) is 10.9 Å². The summed E-state index contributed by atoms with van der Waals surface area (Å²) < 4.78 is 29.0. The van der Waals surface area contributed by atoms with Crippen LogP contribution in [-0.4, -0.2) is 62.0 Å². The van der Waals surface area contributed by atoms with Crippen molar-refractivity contribution in [2.75, 3.05) is 24.4 Å². The molecule has 1 aliphatic heterocycles. The van der Waals surface area contributed by atoms with Gasteiger partial charge in [0.25, 0.3) is 5.91 Å². The molecule has 0 radical (unpaired) electrons. The summed E-state index contributed by atoms with van der Waals surface area (Å²) in [6, 6.07) is 5.94. The molecule has 1 fully saturated rings. The van der Waals surface area contributed by atoms with Gasteiger partial charge in [0, 0.05) is 24.3 Å². The van der Waals surface area contributed by atoms with Crippen molar-refractivity contribution in [3.63, 3.8) is 0 Å². The Hall–Kier alpha value is -2.29. The van der Waals surface area contributed by atoms with E-state index in [1.165, 1.54) is 0 Å². The van der Waals surface area contributed by atoms with Crippen LogP contribution < -0.4 is 4.72 Å². The Morgan fingerprint density at radius 1 is 1.15 bits per heavy atom. The van der Waals surface area contributed by atoms with Gasteiger partial charge in [-0.15, -0.1) is 0 Å². The Morgan fingerprint density at radius 2 is 1.70 bits per heavy atom. The van der Waals surface area contributed by atoms with Crippen molar-refractivity contribution in [1.29, 1.82) is 0 Å². The summed E-state index contributed by atoms with van der Waals surface area (Å²) in [5.41, 5.74) is 0.874. The molecular weight excluding hydrogens is 370 g/mol. The number of hydrogen-bond acceptors (Lipinski definition) is 5. The van der Waals surface area contributed by atoms with Gasteiger partial charge >= 0.3 is 6.09 Å². The predicted octanol–water partition coefficient (Wildman–Crippen LogP) is 1.95. The van der Waals surface area contributed by atoms with Crippen molar-refractivity contribution >= 4 is 28.6 Å². The van der Waals surface area contributed by atoms with Crippen molar-refractivity contribution in [2.45, 2.75) is 39.8 Å². The Labute approximate surface area is 161 Å². The smallest absolute Gasteiger partial charge is 0.410 e. The fraction of sp³-hybridized carbons (Fsp3) is 0.556. The van der Waals surface area contributed by atoms with Gasteiger partial charge in [-0.25, -0.2) is 13.2 Å². The third-order valence-electron chi connectivity index (χ3n) is 4.31. The molecule has 1 aliphatic rings. The SMILES string of the molecule is CC(C)COC(=O)N1[C@H](C)CN(C(=O)c2ccc(N[SH](=O)=O)cc2)C[C@@H]1C. The zero-order valence-electron chi connectivity index (χ0n) is 16.0. The minimum atomic E-state index is -2.74. The summed E-state index contributed by atoms with van der Waals surface area (Å²) in [4.78, 5) is 28.5. The Balaban J connectivity index is 2.02. The zero-order valence-corrected chi connectivity index (χ0v) is 16.9. The van der Waals surface area contributed by atoms with Crippen molar-refractivity contribution in [3.8, 4) is 0 Å². The van der Waals surface area contributed by atoms with E-state index in [1.807, 2.05) is 27.7 Å². The number of nitrogens with zero attached hydrogens (tertiary/aromatic N) is 2. The molecule has 27 heavy (non-hydrogen) atoms. The molecule has 0 aliphatic carbocycles. The lowest BCUT2D eigenvalue weighted by molar-refractivity contribution is 0.0185. The third kappa shape index (κ3) is 5.59. The van der Waals surface area contributed by atoms with Gasteiger partial charge in [-0.3, -0.25) is 14.4 Å². The van der Waals surface area contributed by atoms with E-state index in [1.54, 1.807) is 34.1 Å². The molecule has 2 rings (SSSR count).